The number of phenolic OH excluding ortho intramolecular Hbond substituents is 1. The second-order valence-electron chi connectivity index (χ2n) is 8.87. The molecule has 0 fully saturated rings. The fourth-order valence-corrected chi connectivity index (χ4v) is 5.38. The number of fused-ring (bicyclic) bond motifs is 1. The Kier molecular flexibility index (Phi) is 6.88. The lowest BCUT2D eigenvalue weighted by molar-refractivity contribution is 0.0746. The molecule has 1 aliphatic heterocycles. The van der Waals surface area contributed by atoms with E-state index in [0.717, 1.165) is 21.2 Å². The highest BCUT2D eigenvalue weighted by molar-refractivity contribution is 9.10. The third-order valence-corrected chi connectivity index (χ3v) is 7.55. The van der Waals surface area contributed by atoms with Crippen LogP contribution in [0, 0.1) is 6.92 Å². The standard InChI is InChI=1S/C28H25BrClN3O4/c1-15-11-21(34)19(14-20(15)30)25-24-26(32-31-25)28(35)33(27(24)17-5-4-6-18(29)13-17)10-9-16-7-8-22(36-2)23(12-16)37-3/h4-8,11-14,27,34H,9-10H2,1-3H3,(H,31,32). The van der Waals surface area contributed by atoms with Gasteiger partial charge < -0.3 is 19.5 Å². The number of hydrogen-bond donors (Lipinski definition) is 2. The van der Waals surface area contributed by atoms with Crippen molar-refractivity contribution in [2.45, 2.75) is 19.4 Å². The number of amides is 1. The number of nitrogens with zero attached hydrogens (tertiary/aromatic N) is 2. The number of halogens is 2. The lowest BCUT2D eigenvalue weighted by Crippen LogP contribution is -2.31. The Morgan fingerprint density at radius 2 is 1.89 bits per heavy atom. The molecule has 1 aliphatic rings. The quantitative estimate of drug-likeness (QED) is 0.267. The monoisotopic (exact) mass is 581 g/mol. The molecule has 0 bridgehead atoms. The van der Waals surface area contributed by atoms with Gasteiger partial charge in [0, 0.05) is 27.2 Å². The van der Waals surface area contributed by atoms with Crippen molar-refractivity contribution in [3.05, 3.63) is 92.0 Å². The van der Waals surface area contributed by atoms with Crippen molar-refractivity contribution < 1.29 is 19.4 Å². The van der Waals surface area contributed by atoms with Gasteiger partial charge in [-0.25, -0.2) is 0 Å². The first-order chi connectivity index (χ1) is 17.8. The highest BCUT2D eigenvalue weighted by atomic mass is 79.9. The van der Waals surface area contributed by atoms with Crippen LogP contribution in [0.2, 0.25) is 5.02 Å². The average molecular weight is 583 g/mol. The molecule has 0 radical (unpaired) electrons. The number of aromatic hydroxyl groups is 1. The van der Waals surface area contributed by atoms with Gasteiger partial charge in [0.1, 0.15) is 17.1 Å². The SMILES string of the molecule is COc1ccc(CCN2C(=O)c3[nH]nc(-c4cc(Cl)c(C)cc4O)c3C2c2cccc(Br)c2)cc1OC. The van der Waals surface area contributed by atoms with Crippen LogP contribution in [0.25, 0.3) is 11.3 Å². The molecule has 0 spiro atoms. The molecule has 0 saturated carbocycles. The number of benzene rings is 3. The molecular formula is C28H25BrClN3O4. The van der Waals surface area contributed by atoms with Crippen LogP contribution in [-0.4, -0.2) is 46.9 Å². The van der Waals surface area contributed by atoms with E-state index in [2.05, 4.69) is 26.1 Å². The van der Waals surface area contributed by atoms with Crippen LogP contribution < -0.4 is 9.47 Å². The fraction of sp³-hybridized carbons (Fsp3) is 0.214. The average Bonchev–Trinajstić information content (AvgIpc) is 3.43. The predicted octanol–water partition coefficient (Wildman–Crippen LogP) is 6.31. The molecule has 9 heteroatoms. The van der Waals surface area contributed by atoms with Crippen LogP contribution in [0.5, 0.6) is 17.2 Å². The fourth-order valence-electron chi connectivity index (χ4n) is 4.80. The Morgan fingerprint density at radius 1 is 1.11 bits per heavy atom. The van der Waals surface area contributed by atoms with Crippen LogP contribution in [0.4, 0.5) is 0 Å². The van der Waals surface area contributed by atoms with Gasteiger partial charge in [0.2, 0.25) is 0 Å². The summed E-state index contributed by atoms with van der Waals surface area (Å²) in [5.41, 5.74) is 4.79. The third kappa shape index (κ3) is 4.55. The van der Waals surface area contributed by atoms with Crippen molar-refractivity contribution in [3.8, 4) is 28.5 Å². The number of aromatic nitrogens is 2. The largest absolute Gasteiger partial charge is 0.507 e. The normalized spacial score (nSPS) is 14.7. The molecule has 7 nitrogen and oxygen atoms in total. The van der Waals surface area contributed by atoms with Crippen LogP contribution in [-0.2, 0) is 6.42 Å². The first kappa shape index (κ1) is 25.2. The maximum absolute atomic E-state index is 13.7. The zero-order chi connectivity index (χ0) is 26.3. The van der Waals surface area contributed by atoms with Gasteiger partial charge in [-0.05, 0) is 66.4 Å². The van der Waals surface area contributed by atoms with Gasteiger partial charge in [-0.1, -0.05) is 45.7 Å². The number of phenols is 1. The Balaban J connectivity index is 1.57. The van der Waals surface area contributed by atoms with Gasteiger partial charge in [-0.15, -0.1) is 0 Å². The molecule has 37 heavy (non-hydrogen) atoms. The van der Waals surface area contributed by atoms with E-state index in [1.54, 1.807) is 26.4 Å². The Bertz CT molecular complexity index is 1500. The van der Waals surface area contributed by atoms with Crippen LogP contribution in [0.3, 0.4) is 0 Å². The summed E-state index contributed by atoms with van der Waals surface area (Å²) >= 11 is 9.96. The maximum atomic E-state index is 13.7. The van der Waals surface area contributed by atoms with Gasteiger partial charge in [-0.3, -0.25) is 9.89 Å². The van der Waals surface area contributed by atoms with E-state index in [4.69, 9.17) is 21.1 Å². The molecule has 3 aromatic carbocycles. The van der Waals surface area contributed by atoms with Gasteiger partial charge in [0.15, 0.2) is 11.5 Å². The number of aromatic amines is 1. The van der Waals surface area contributed by atoms with Crippen molar-refractivity contribution in [3.63, 3.8) is 0 Å². The first-order valence-electron chi connectivity index (χ1n) is 11.7. The Morgan fingerprint density at radius 3 is 2.62 bits per heavy atom. The minimum Gasteiger partial charge on any atom is -0.507 e. The molecule has 5 rings (SSSR count). The number of carbonyl (C=O) groups excluding carboxylic acids is 1. The van der Waals surface area contributed by atoms with Crippen LogP contribution >= 0.6 is 27.5 Å². The second kappa shape index (κ2) is 10.1. The molecule has 0 aliphatic carbocycles. The number of H-pyrrole nitrogens is 1. The van der Waals surface area contributed by atoms with Crippen molar-refractivity contribution in [1.82, 2.24) is 15.1 Å². The van der Waals surface area contributed by atoms with E-state index in [-0.39, 0.29) is 11.7 Å². The van der Waals surface area contributed by atoms with Gasteiger partial charge >= 0.3 is 0 Å². The summed E-state index contributed by atoms with van der Waals surface area (Å²) in [6.45, 7) is 2.28. The molecular weight excluding hydrogens is 558 g/mol. The van der Waals surface area contributed by atoms with Crippen molar-refractivity contribution in [2.75, 3.05) is 20.8 Å². The summed E-state index contributed by atoms with van der Waals surface area (Å²) in [7, 11) is 3.20. The van der Waals surface area contributed by atoms with E-state index >= 15 is 0 Å². The molecule has 190 valence electrons. The zero-order valence-corrected chi connectivity index (χ0v) is 22.9. The van der Waals surface area contributed by atoms with Crippen molar-refractivity contribution in [1.29, 1.82) is 0 Å². The number of nitrogens with one attached hydrogen (secondary N) is 1. The number of hydrogen-bond acceptors (Lipinski definition) is 5. The van der Waals surface area contributed by atoms with Crippen LogP contribution in [0.15, 0.2) is 59.1 Å². The van der Waals surface area contributed by atoms with Gasteiger partial charge in [-0.2, -0.15) is 5.10 Å². The molecule has 4 aromatic rings. The number of carbonyl (C=O) groups is 1. The molecule has 1 atom stereocenters. The second-order valence-corrected chi connectivity index (χ2v) is 10.2. The summed E-state index contributed by atoms with van der Waals surface area (Å²) in [5, 5.41) is 18.6. The molecule has 2 N–H and O–H groups in total. The Hall–Kier alpha value is -3.49. The van der Waals surface area contributed by atoms with E-state index in [0.29, 0.717) is 52.0 Å². The molecule has 2 heterocycles. The van der Waals surface area contributed by atoms with Crippen molar-refractivity contribution in [2.24, 2.45) is 0 Å². The van der Waals surface area contributed by atoms with E-state index in [9.17, 15) is 9.90 Å². The lowest BCUT2D eigenvalue weighted by Gasteiger charge is -2.27. The summed E-state index contributed by atoms with van der Waals surface area (Å²) in [4.78, 5) is 15.5. The number of rotatable bonds is 7. The smallest absolute Gasteiger partial charge is 0.273 e. The molecule has 0 saturated heterocycles. The third-order valence-electron chi connectivity index (χ3n) is 6.65. The van der Waals surface area contributed by atoms with Gasteiger partial charge in [0.25, 0.3) is 5.91 Å². The van der Waals surface area contributed by atoms with E-state index in [1.807, 2.05) is 54.3 Å². The minimum absolute atomic E-state index is 0.0559. The lowest BCUT2D eigenvalue weighted by atomic mass is 9.95. The van der Waals surface area contributed by atoms with Crippen LogP contribution in [0.1, 0.15) is 38.8 Å². The summed E-state index contributed by atoms with van der Waals surface area (Å²) in [6, 6.07) is 16.5. The number of methoxy groups -OCH3 is 2. The molecule has 1 unspecified atom stereocenters. The highest BCUT2D eigenvalue weighted by Crippen LogP contribution is 2.45. The van der Waals surface area contributed by atoms with Gasteiger partial charge in [0.05, 0.1) is 20.3 Å². The topological polar surface area (TPSA) is 87.7 Å². The van der Waals surface area contributed by atoms with E-state index in [1.165, 1.54) is 0 Å². The van der Waals surface area contributed by atoms with E-state index < -0.39 is 6.04 Å². The first-order valence-corrected chi connectivity index (χ1v) is 12.8. The highest BCUT2D eigenvalue weighted by Gasteiger charge is 2.42. The predicted molar refractivity (Wildman–Crippen MR) is 146 cm³/mol. The molecule has 1 amide bonds. The molecule has 1 aromatic heterocycles. The summed E-state index contributed by atoms with van der Waals surface area (Å²) in [6.07, 6.45) is 0.602. The Labute approximate surface area is 228 Å². The maximum Gasteiger partial charge on any atom is 0.273 e. The minimum atomic E-state index is -0.409. The summed E-state index contributed by atoms with van der Waals surface area (Å²) < 4.78 is 11.7. The summed E-state index contributed by atoms with van der Waals surface area (Å²) in [5.74, 6) is 1.19. The number of aryl methyl sites for hydroxylation is 1. The zero-order valence-electron chi connectivity index (χ0n) is 20.5. The van der Waals surface area contributed by atoms with Crippen molar-refractivity contribution >= 4 is 33.4 Å². The number of ether oxygens (including phenoxy) is 2.